The van der Waals surface area contributed by atoms with Crippen LogP contribution in [0.1, 0.15) is 41.7 Å². The quantitative estimate of drug-likeness (QED) is 0.536. The van der Waals surface area contributed by atoms with E-state index < -0.39 is 0 Å². The van der Waals surface area contributed by atoms with Crippen molar-refractivity contribution in [2.75, 3.05) is 0 Å². The Morgan fingerprint density at radius 1 is 1.12 bits per heavy atom. The van der Waals surface area contributed by atoms with Gasteiger partial charge in [-0.2, -0.15) is 0 Å². The third kappa shape index (κ3) is 3.05. The van der Waals surface area contributed by atoms with E-state index in [4.69, 9.17) is 27.9 Å². The van der Waals surface area contributed by atoms with E-state index in [9.17, 15) is 4.79 Å². The standard InChI is InChI=1S/C19H16BrCl2NO2/c1-10-2-3-15(20)14(6-10)16-4-5-17-18(25-19(24)23(16)17)11-7-12(21)9-13(22)8-11/h2-3,6-9,16-18H,4-5H2,1H3/t16-,17-,18+/m0/s1. The van der Waals surface area contributed by atoms with E-state index in [0.717, 1.165) is 28.4 Å². The van der Waals surface area contributed by atoms with Gasteiger partial charge in [-0.05, 0) is 55.2 Å². The predicted molar refractivity (Wildman–Crippen MR) is 102 cm³/mol. The molecule has 2 fully saturated rings. The van der Waals surface area contributed by atoms with Gasteiger partial charge in [0.2, 0.25) is 0 Å². The molecule has 2 aliphatic heterocycles. The Balaban J connectivity index is 1.69. The first kappa shape index (κ1) is 17.2. The number of hydrogen-bond acceptors (Lipinski definition) is 2. The maximum Gasteiger partial charge on any atom is 0.411 e. The average Bonchev–Trinajstić information content (AvgIpc) is 3.10. The monoisotopic (exact) mass is 439 g/mol. The van der Waals surface area contributed by atoms with Crippen LogP contribution in [0.3, 0.4) is 0 Å². The van der Waals surface area contributed by atoms with Crippen LogP contribution in [0.15, 0.2) is 40.9 Å². The van der Waals surface area contributed by atoms with Crippen molar-refractivity contribution in [3.8, 4) is 0 Å². The Morgan fingerprint density at radius 3 is 2.56 bits per heavy atom. The number of nitrogens with zero attached hydrogens (tertiary/aromatic N) is 1. The second-order valence-electron chi connectivity index (χ2n) is 6.60. The van der Waals surface area contributed by atoms with E-state index in [1.54, 1.807) is 6.07 Å². The summed E-state index contributed by atoms with van der Waals surface area (Å²) in [6, 6.07) is 11.6. The van der Waals surface area contributed by atoms with Crippen LogP contribution in [0.4, 0.5) is 4.79 Å². The summed E-state index contributed by atoms with van der Waals surface area (Å²) in [4.78, 5) is 14.5. The van der Waals surface area contributed by atoms with Crippen LogP contribution in [0.25, 0.3) is 0 Å². The molecular weight excluding hydrogens is 425 g/mol. The van der Waals surface area contributed by atoms with Crippen LogP contribution in [0.2, 0.25) is 10.0 Å². The molecule has 0 N–H and O–H groups in total. The third-order valence-corrected chi connectivity index (χ3v) is 6.10. The van der Waals surface area contributed by atoms with Crippen molar-refractivity contribution < 1.29 is 9.53 Å². The smallest absolute Gasteiger partial charge is 0.411 e. The van der Waals surface area contributed by atoms with Gasteiger partial charge in [0.05, 0.1) is 12.1 Å². The van der Waals surface area contributed by atoms with Crippen molar-refractivity contribution >= 4 is 45.2 Å². The van der Waals surface area contributed by atoms with Gasteiger partial charge in [-0.3, -0.25) is 4.90 Å². The molecule has 0 aromatic heterocycles. The Bertz CT molecular complexity index is 837. The summed E-state index contributed by atoms with van der Waals surface area (Å²) in [5, 5.41) is 1.10. The van der Waals surface area contributed by atoms with Crippen LogP contribution in [0.5, 0.6) is 0 Å². The minimum absolute atomic E-state index is 0.000513. The highest BCUT2D eigenvalue weighted by molar-refractivity contribution is 9.10. The number of amides is 1. The van der Waals surface area contributed by atoms with E-state index in [1.165, 1.54) is 5.56 Å². The van der Waals surface area contributed by atoms with Crippen LogP contribution in [0, 0.1) is 6.92 Å². The van der Waals surface area contributed by atoms with Crippen LogP contribution in [-0.2, 0) is 4.74 Å². The van der Waals surface area contributed by atoms with Crippen molar-refractivity contribution in [1.82, 2.24) is 4.90 Å². The van der Waals surface area contributed by atoms with Gasteiger partial charge < -0.3 is 4.74 Å². The normalized spacial score (nSPS) is 25.2. The third-order valence-electron chi connectivity index (χ3n) is 4.94. The molecule has 2 aliphatic rings. The number of carbonyl (C=O) groups is 1. The van der Waals surface area contributed by atoms with Gasteiger partial charge in [-0.1, -0.05) is 56.8 Å². The first-order valence-electron chi connectivity index (χ1n) is 8.15. The molecule has 1 amide bonds. The SMILES string of the molecule is Cc1ccc(Br)c([C@@H]2CC[C@H]3[C@@H](c4cc(Cl)cc(Cl)c4)OC(=O)N23)c1. The molecule has 0 spiro atoms. The van der Waals surface area contributed by atoms with Gasteiger partial charge in [0, 0.05) is 14.5 Å². The van der Waals surface area contributed by atoms with Gasteiger partial charge in [0.15, 0.2) is 0 Å². The molecule has 2 aromatic rings. The zero-order valence-corrected chi connectivity index (χ0v) is 16.6. The maximum atomic E-state index is 12.6. The van der Waals surface area contributed by atoms with E-state index >= 15 is 0 Å². The van der Waals surface area contributed by atoms with Crippen LogP contribution >= 0.6 is 39.1 Å². The number of cyclic esters (lactones) is 1. The molecule has 2 saturated heterocycles. The van der Waals surface area contributed by atoms with Crippen LogP contribution in [-0.4, -0.2) is 17.0 Å². The Hall–Kier alpha value is -1.23. The van der Waals surface area contributed by atoms with Gasteiger partial charge in [-0.15, -0.1) is 0 Å². The van der Waals surface area contributed by atoms with Crippen molar-refractivity contribution in [1.29, 1.82) is 0 Å². The summed E-state index contributed by atoms with van der Waals surface area (Å²) < 4.78 is 6.72. The lowest BCUT2D eigenvalue weighted by Crippen LogP contribution is -2.30. The molecule has 0 aliphatic carbocycles. The van der Waals surface area contributed by atoms with E-state index in [1.807, 2.05) is 23.1 Å². The zero-order valence-electron chi connectivity index (χ0n) is 13.5. The molecule has 25 heavy (non-hydrogen) atoms. The molecule has 2 heterocycles. The number of rotatable bonds is 2. The molecule has 3 atom stereocenters. The minimum Gasteiger partial charge on any atom is -0.439 e. The summed E-state index contributed by atoms with van der Waals surface area (Å²) in [5.41, 5.74) is 3.15. The lowest BCUT2D eigenvalue weighted by molar-refractivity contribution is 0.123. The van der Waals surface area contributed by atoms with Gasteiger partial charge in [0.1, 0.15) is 6.10 Å². The molecular formula is C19H16BrCl2NO2. The van der Waals surface area contributed by atoms with Gasteiger partial charge in [-0.25, -0.2) is 4.79 Å². The Morgan fingerprint density at radius 2 is 1.84 bits per heavy atom. The van der Waals surface area contributed by atoms with Crippen LogP contribution < -0.4 is 0 Å². The molecule has 0 saturated carbocycles. The molecule has 0 radical (unpaired) electrons. The van der Waals surface area contributed by atoms with E-state index in [0.29, 0.717) is 10.0 Å². The highest BCUT2D eigenvalue weighted by Crippen LogP contribution is 2.49. The number of fused-ring (bicyclic) bond motifs is 1. The fourth-order valence-electron chi connectivity index (χ4n) is 3.90. The summed E-state index contributed by atoms with van der Waals surface area (Å²) >= 11 is 15.9. The lowest BCUT2D eigenvalue weighted by Gasteiger charge is -2.24. The van der Waals surface area contributed by atoms with E-state index in [2.05, 4.69) is 35.0 Å². The largest absolute Gasteiger partial charge is 0.439 e. The number of benzene rings is 2. The van der Waals surface area contributed by atoms with Crippen molar-refractivity contribution in [3.63, 3.8) is 0 Å². The lowest BCUT2D eigenvalue weighted by atomic mass is 10.0. The number of ether oxygens (including phenoxy) is 1. The molecule has 6 heteroatoms. The number of carbonyl (C=O) groups excluding carboxylic acids is 1. The predicted octanol–water partition coefficient (Wildman–Crippen LogP) is 6.46. The van der Waals surface area contributed by atoms with Gasteiger partial charge in [0.25, 0.3) is 0 Å². The fourth-order valence-corrected chi connectivity index (χ4v) is 4.95. The maximum absolute atomic E-state index is 12.6. The number of halogens is 3. The summed E-state index contributed by atoms with van der Waals surface area (Å²) in [6.07, 6.45) is 1.18. The van der Waals surface area contributed by atoms with Gasteiger partial charge >= 0.3 is 6.09 Å². The van der Waals surface area contributed by atoms with Crippen molar-refractivity contribution in [2.24, 2.45) is 0 Å². The molecule has 0 unspecified atom stereocenters. The van der Waals surface area contributed by atoms with E-state index in [-0.39, 0.29) is 24.3 Å². The summed E-state index contributed by atoms with van der Waals surface area (Å²) in [5.74, 6) is 0. The summed E-state index contributed by atoms with van der Waals surface area (Å²) in [6.45, 7) is 2.06. The first-order chi connectivity index (χ1) is 11.9. The number of hydrogen-bond donors (Lipinski definition) is 0. The minimum atomic E-state index is -0.336. The van der Waals surface area contributed by atoms with Crippen molar-refractivity contribution in [2.45, 2.75) is 38.0 Å². The first-order valence-corrected chi connectivity index (χ1v) is 9.70. The summed E-state index contributed by atoms with van der Waals surface area (Å²) in [7, 11) is 0. The molecule has 3 nitrogen and oxygen atoms in total. The molecule has 0 bridgehead atoms. The zero-order chi connectivity index (χ0) is 17.7. The highest BCUT2D eigenvalue weighted by Gasteiger charge is 2.50. The second kappa shape index (κ2) is 6.49. The molecule has 2 aromatic carbocycles. The second-order valence-corrected chi connectivity index (χ2v) is 8.33. The molecule has 130 valence electrons. The topological polar surface area (TPSA) is 29.5 Å². The fraction of sp³-hybridized carbons (Fsp3) is 0.316. The Labute approximate surface area is 165 Å². The Kier molecular flexibility index (Phi) is 4.47. The van der Waals surface area contributed by atoms with Crippen molar-refractivity contribution in [3.05, 3.63) is 67.6 Å². The average molecular weight is 441 g/mol. The highest BCUT2D eigenvalue weighted by atomic mass is 79.9. The molecule has 4 rings (SSSR count). The number of aryl methyl sites for hydroxylation is 1.